The molecule has 0 bridgehead atoms. The monoisotopic (exact) mass is 690 g/mol. The molecule has 10 rings (SSSR count). The third-order valence-electron chi connectivity index (χ3n) is 11.9. The zero-order valence-electron chi connectivity index (χ0n) is 29.8. The van der Waals surface area contributed by atoms with E-state index in [9.17, 15) is 0 Å². The molecule has 6 aromatic carbocycles. The first kappa shape index (κ1) is 31.4. The average Bonchev–Trinajstić information content (AvgIpc) is 3.71. The minimum atomic E-state index is 0.291. The lowest BCUT2D eigenvalue weighted by atomic mass is 9.83. The maximum absolute atomic E-state index is 4.64. The van der Waals surface area contributed by atoms with Crippen LogP contribution in [0, 0.1) is 5.92 Å². The average molecular weight is 691 g/mol. The van der Waals surface area contributed by atoms with E-state index < -0.39 is 0 Å². The van der Waals surface area contributed by atoms with Crippen molar-refractivity contribution in [3.63, 3.8) is 0 Å². The molecule has 3 aliphatic rings. The third kappa shape index (κ3) is 4.83. The summed E-state index contributed by atoms with van der Waals surface area (Å²) in [7, 11) is 2.26. The second-order valence-electron chi connectivity index (χ2n) is 14.7. The highest BCUT2D eigenvalue weighted by molar-refractivity contribution is 7.26. The van der Waals surface area contributed by atoms with Crippen LogP contribution in [0.4, 0.5) is 11.4 Å². The molecule has 3 unspecified atom stereocenters. The zero-order chi connectivity index (χ0) is 34.9. The van der Waals surface area contributed by atoms with Crippen LogP contribution in [0.25, 0.3) is 52.5 Å². The molecule has 0 amide bonds. The minimum absolute atomic E-state index is 0.291. The van der Waals surface area contributed by atoms with E-state index in [1.165, 1.54) is 86.4 Å². The number of benzene rings is 6. The van der Waals surface area contributed by atoms with Crippen molar-refractivity contribution < 1.29 is 0 Å². The van der Waals surface area contributed by atoms with Gasteiger partial charge in [-0.05, 0) is 99.3 Å². The SMILES string of the molecule is C=C1/C(=C\CC)N(C2=CCCC(c3c(N(C)c4ccc5ccccc5c4)ccc4c3sc3ccc5ccc6ccccc6c5c34)C2)C2C=CC=CC12. The highest BCUT2D eigenvalue weighted by Crippen LogP contribution is 2.52. The van der Waals surface area contributed by atoms with Crippen molar-refractivity contribution in [2.24, 2.45) is 5.92 Å². The van der Waals surface area contributed by atoms with E-state index in [4.69, 9.17) is 0 Å². The molecule has 7 aromatic rings. The van der Waals surface area contributed by atoms with Gasteiger partial charge in [-0.25, -0.2) is 0 Å². The number of anilines is 2. The lowest BCUT2D eigenvalue weighted by Crippen LogP contribution is -2.31. The number of hydrogen-bond donors (Lipinski definition) is 0. The molecular weight excluding hydrogens is 649 g/mol. The van der Waals surface area contributed by atoms with E-state index in [1.807, 2.05) is 11.3 Å². The van der Waals surface area contributed by atoms with Gasteiger partial charge in [0.05, 0.1) is 6.04 Å². The van der Waals surface area contributed by atoms with Gasteiger partial charge in [0.2, 0.25) is 0 Å². The number of hydrogen-bond acceptors (Lipinski definition) is 3. The summed E-state index contributed by atoms with van der Waals surface area (Å²) in [6, 6.07) is 38.9. The summed E-state index contributed by atoms with van der Waals surface area (Å²) < 4.78 is 2.79. The molecule has 2 aliphatic carbocycles. The van der Waals surface area contributed by atoms with Crippen molar-refractivity contribution in [1.82, 2.24) is 4.90 Å². The fraction of sp³-hybridized carbons (Fsp3) is 0.184. The Balaban J connectivity index is 1.18. The van der Waals surface area contributed by atoms with Crippen LogP contribution in [0.2, 0.25) is 0 Å². The van der Waals surface area contributed by atoms with Gasteiger partial charge >= 0.3 is 0 Å². The lowest BCUT2D eigenvalue weighted by molar-refractivity contribution is 0.351. The molecule has 0 saturated carbocycles. The van der Waals surface area contributed by atoms with Gasteiger partial charge < -0.3 is 9.80 Å². The summed E-state index contributed by atoms with van der Waals surface area (Å²) in [5.74, 6) is 0.698. The fourth-order valence-electron chi connectivity index (χ4n) is 9.40. The molecule has 52 heavy (non-hydrogen) atoms. The van der Waals surface area contributed by atoms with Crippen LogP contribution in [0.5, 0.6) is 0 Å². The highest BCUT2D eigenvalue weighted by atomic mass is 32.1. The van der Waals surface area contributed by atoms with E-state index in [1.54, 1.807) is 0 Å². The Labute approximate surface area is 310 Å². The Morgan fingerprint density at radius 2 is 1.58 bits per heavy atom. The Kier molecular flexibility index (Phi) is 7.47. The van der Waals surface area contributed by atoms with Crippen molar-refractivity contribution in [3.8, 4) is 0 Å². The van der Waals surface area contributed by atoms with Crippen molar-refractivity contribution >= 4 is 75.2 Å². The first-order chi connectivity index (χ1) is 25.6. The van der Waals surface area contributed by atoms with Gasteiger partial charge in [-0.2, -0.15) is 0 Å². The number of likely N-dealkylation sites (tertiary alicyclic amines) is 1. The smallest absolute Gasteiger partial charge is 0.0625 e. The first-order valence-corrected chi connectivity index (χ1v) is 19.7. The second kappa shape index (κ2) is 12.4. The van der Waals surface area contributed by atoms with Crippen molar-refractivity contribution in [2.45, 2.75) is 44.6 Å². The van der Waals surface area contributed by atoms with Gasteiger partial charge in [-0.3, -0.25) is 0 Å². The van der Waals surface area contributed by atoms with E-state index in [0.29, 0.717) is 17.9 Å². The molecule has 0 spiro atoms. The van der Waals surface area contributed by atoms with Crippen LogP contribution in [0.3, 0.4) is 0 Å². The highest BCUT2D eigenvalue weighted by Gasteiger charge is 2.41. The van der Waals surface area contributed by atoms with Gasteiger partial charge in [0.1, 0.15) is 0 Å². The van der Waals surface area contributed by atoms with E-state index in [0.717, 1.165) is 25.7 Å². The predicted octanol–water partition coefficient (Wildman–Crippen LogP) is 13.7. The number of thiophene rings is 1. The Hall–Kier alpha value is -5.38. The molecule has 1 fully saturated rings. The molecule has 3 heteroatoms. The standard InChI is InChI=1S/C49H42N2S/c1-4-12-42-31(2)39-18-9-10-20-43(39)51(42)38-17-11-16-36(30-38)47-44(50(3)37-25-23-32-13-5-6-15-35(32)29-37)27-26-41-48-45(52-49(41)47)28-24-34-22-21-33-14-7-8-19-40(33)46(34)48/h5-10,12-15,17-29,36,39,43H,2,4,11,16,30H2,1,3H3/b42-12+. The molecule has 3 atom stereocenters. The predicted molar refractivity (Wildman–Crippen MR) is 226 cm³/mol. The summed E-state index contributed by atoms with van der Waals surface area (Å²) >= 11 is 1.99. The number of nitrogens with zero attached hydrogens (tertiary/aromatic N) is 2. The van der Waals surface area contributed by atoms with Gasteiger partial charge in [-0.15, -0.1) is 11.3 Å². The zero-order valence-corrected chi connectivity index (χ0v) is 30.7. The molecule has 2 nitrogen and oxygen atoms in total. The molecular formula is C49H42N2S. The van der Waals surface area contributed by atoms with Crippen LogP contribution < -0.4 is 4.90 Å². The van der Waals surface area contributed by atoms with Gasteiger partial charge in [0.25, 0.3) is 0 Å². The molecule has 254 valence electrons. The number of fused-ring (bicyclic) bond motifs is 9. The van der Waals surface area contributed by atoms with Crippen LogP contribution in [0.1, 0.15) is 44.1 Å². The normalized spacial score (nSPS) is 20.9. The summed E-state index contributed by atoms with van der Waals surface area (Å²) in [6.07, 6.45) is 18.3. The first-order valence-electron chi connectivity index (χ1n) is 18.8. The van der Waals surface area contributed by atoms with Crippen LogP contribution >= 0.6 is 11.3 Å². The summed E-state index contributed by atoms with van der Waals surface area (Å²) in [5, 5.41) is 10.6. The maximum Gasteiger partial charge on any atom is 0.0625 e. The largest absolute Gasteiger partial charge is 0.344 e. The van der Waals surface area contributed by atoms with Crippen LogP contribution in [-0.4, -0.2) is 18.0 Å². The summed E-state index contributed by atoms with van der Waals surface area (Å²) in [4.78, 5) is 5.09. The summed E-state index contributed by atoms with van der Waals surface area (Å²) in [5.41, 5.74) is 8.02. The Morgan fingerprint density at radius 3 is 2.46 bits per heavy atom. The molecule has 2 heterocycles. The molecule has 1 aliphatic heterocycles. The van der Waals surface area contributed by atoms with Crippen LogP contribution in [-0.2, 0) is 0 Å². The van der Waals surface area contributed by atoms with Crippen molar-refractivity contribution in [3.05, 3.63) is 169 Å². The molecule has 0 radical (unpaired) electrons. The summed E-state index contributed by atoms with van der Waals surface area (Å²) in [6.45, 7) is 6.88. The van der Waals surface area contributed by atoms with E-state index in [-0.39, 0.29) is 0 Å². The topological polar surface area (TPSA) is 6.48 Å². The van der Waals surface area contributed by atoms with E-state index in [2.05, 4.69) is 170 Å². The Bertz CT molecular complexity index is 2720. The van der Waals surface area contributed by atoms with Gasteiger partial charge in [0.15, 0.2) is 0 Å². The maximum atomic E-state index is 4.64. The molecule has 0 N–H and O–H groups in total. The van der Waals surface area contributed by atoms with Crippen molar-refractivity contribution in [2.75, 3.05) is 11.9 Å². The number of allylic oxidation sites excluding steroid dienone is 6. The fourth-order valence-corrected chi connectivity index (χ4v) is 10.7. The quantitative estimate of drug-likeness (QED) is 0.166. The van der Waals surface area contributed by atoms with Gasteiger partial charge in [-0.1, -0.05) is 129 Å². The third-order valence-corrected chi connectivity index (χ3v) is 13.1. The number of rotatable bonds is 5. The second-order valence-corrected chi connectivity index (χ2v) is 15.8. The van der Waals surface area contributed by atoms with Crippen molar-refractivity contribution in [1.29, 1.82) is 0 Å². The Morgan fingerprint density at radius 1 is 0.808 bits per heavy atom. The lowest BCUT2D eigenvalue weighted by Gasteiger charge is -2.36. The minimum Gasteiger partial charge on any atom is -0.344 e. The van der Waals surface area contributed by atoms with Crippen LogP contribution in [0.15, 0.2) is 163 Å². The van der Waals surface area contributed by atoms with E-state index >= 15 is 0 Å². The molecule has 1 aromatic heterocycles. The molecule has 1 saturated heterocycles. The van der Waals surface area contributed by atoms with Gasteiger partial charge in [0, 0.05) is 55.9 Å².